The molecule has 0 aliphatic carbocycles. The molecule has 0 aliphatic rings. The maximum absolute atomic E-state index is 9.98. The first-order valence-corrected chi connectivity index (χ1v) is 6.27. The van der Waals surface area contributed by atoms with E-state index in [-0.39, 0.29) is 0 Å². The van der Waals surface area contributed by atoms with Gasteiger partial charge in [-0.25, -0.2) is 9.78 Å². The van der Waals surface area contributed by atoms with E-state index >= 15 is 0 Å². The Bertz CT molecular complexity index is 515. The van der Waals surface area contributed by atoms with Gasteiger partial charge in [-0.1, -0.05) is 30.3 Å². The summed E-state index contributed by atoms with van der Waals surface area (Å²) in [5.74, 6) is 0. The fourth-order valence-corrected chi connectivity index (χ4v) is 2.33. The van der Waals surface area contributed by atoms with Gasteiger partial charge in [0.2, 0.25) is 6.08 Å². The molecule has 0 unspecified atom stereocenters. The second kappa shape index (κ2) is 6.09. The molecule has 0 spiro atoms. The number of hydrogen-bond acceptors (Lipinski definition) is 4. The van der Waals surface area contributed by atoms with Crippen molar-refractivity contribution in [2.45, 2.75) is 19.4 Å². The van der Waals surface area contributed by atoms with Gasteiger partial charge in [0, 0.05) is 11.8 Å². The molecule has 17 heavy (non-hydrogen) atoms. The smallest absolute Gasteiger partial charge is 0.235 e. The van der Waals surface area contributed by atoms with E-state index in [0.29, 0.717) is 6.54 Å². The highest BCUT2D eigenvalue weighted by atomic mass is 32.1. The van der Waals surface area contributed by atoms with Gasteiger partial charge in [-0.3, -0.25) is 0 Å². The van der Waals surface area contributed by atoms with Crippen LogP contribution in [-0.4, -0.2) is 11.1 Å². The van der Waals surface area contributed by atoms with Crippen LogP contribution in [-0.2, 0) is 24.2 Å². The number of aliphatic imine (C=N–C) groups is 1. The van der Waals surface area contributed by atoms with Crippen molar-refractivity contribution in [3.05, 3.63) is 52.0 Å². The first kappa shape index (κ1) is 11.7. The van der Waals surface area contributed by atoms with Crippen molar-refractivity contribution < 1.29 is 4.79 Å². The summed E-state index contributed by atoms with van der Waals surface area (Å²) < 4.78 is 0. The first-order valence-electron chi connectivity index (χ1n) is 5.39. The average molecular weight is 244 g/mol. The summed E-state index contributed by atoms with van der Waals surface area (Å²) in [5.41, 5.74) is 2.16. The molecule has 1 aromatic carbocycles. The van der Waals surface area contributed by atoms with Gasteiger partial charge < -0.3 is 0 Å². The molecule has 1 heterocycles. The highest BCUT2D eigenvalue weighted by Gasteiger charge is 2.01. The van der Waals surface area contributed by atoms with E-state index in [2.05, 4.69) is 22.1 Å². The standard InChI is InChI=1S/C13H12N2OS/c16-10-14-8-12-9-17-13(15-12)7-6-11-4-2-1-3-5-11/h1-5,9H,6-8H2. The Balaban J connectivity index is 1.91. The van der Waals surface area contributed by atoms with Crippen LogP contribution in [0.4, 0.5) is 0 Å². The lowest BCUT2D eigenvalue weighted by Gasteiger charge is -1.97. The normalized spacial score (nSPS) is 9.88. The van der Waals surface area contributed by atoms with Crippen LogP contribution in [0, 0.1) is 0 Å². The van der Waals surface area contributed by atoms with Crippen molar-refractivity contribution in [1.82, 2.24) is 4.98 Å². The van der Waals surface area contributed by atoms with Crippen LogP contribution in [0.15, 0.2) is 40.7 Å². The minimum atomic E-state index is 0.339. The molecule has 0 aliphatic heterocycles. The lowest BCUT2D eigenvalue weighted by atomic mass is 10.1. The Morgan fingerprint density at radius 3 is 2.82 bits per heavy atom. The molecule has 3 nitrogen and oxygen atoms in total. The van der Waals surface area contributed by atoms with E-state index in [1.54, 1.807) is 11.3 Å². The SMILES string of the molecule is O=C=NCc1csc(CCc2ccccc2)n1. The molecule has 4 heteroatoms. The molecule has 0 saturated carbocycles. The highest BCUT2D eigenvalue weighted by Crippen LogP contribution is 2.13. The minimum absolute atomic E-state index is 0.339. The van der Waals surface area contributed by atoms with E-state index < -0.39 is 0 Å². The molecule has 0 atom stereocenters. The van der Waals surface area contributed by atoms with Gasteiger partial charge in [0.05, 0.1) is 17.2 Å². The Morgan fingerprint density at radius 1 is 1.24 bits per heavy atom. The number of carbonyl (C=O) groups excluding carboxylic acids is 1. The van der Waals surface area contributed by atoms with Crippen molar-refractivity contribution >= 4 is 17.4 Å². The molecule has 0 saturated heterocycles. The Kier molecular flexibility index (Phi) is 4.19. The number of isocyanates is 1. The molecule has 0 amide bonds. The van der Waals surface area contributed by atoms with Gasteiger partial charge in [0.1, 0.15) is 0 Å². The Hall–Kier alpha value is -1.77. The van der Waals surface area contributed by atoms with Crippen LogP contribution in [0.3, 0.4) is 0 Å². The zero-order valence-electron chi connectivity index (χ0n) is 9.30. The number of rotatable bonds is 5. The second-order valence-corrected chi connectivity index (χ2v) is 4.57. The lowest BCUT2D eigenvalue weighted by molar-refractivity contribution is 0.562. The second-order valence-electron chi connectivity index (χ2n) is 3.63. The van der Waals surface area contributed by atoms with E-state index in [1.165, 1.54) is 11.6 Å². The van der Waals surface area contributed by atoms with Crippen LogP contribution >= 0.6 is 11.3 Å². The number of benzene rings is 1. The zero-order chi connectivity index (χ0) is 11.9. The topological polar surface area (TPSA) is 42.3 Å². The largest absolute Gasteiger partial charge is 0.244 e. The molecule has 86 valence electrons. The summed E-state index contributed by atoms with van der Waals surface area (Å²) in [6, 6.07) is 10.3. The molecule has 0 fully saturated rings. The molecule has 0 bridgehead atoms. The van der Waals surface area contributed by atoms with Crippen LogP contribution in [0.25, 0.3) is 0 Å². The van der Waals surface area contributed by atoms with Crippen LogP contribution < -0.4 is 0 Å². The van der Waals surface area contributed by atoms with Crippen molar-refractivity contribution in [1.29, 1.82) is 0 Å². The predicted molar refractivity (Wildman–Crippen MR) is 67.8 cm³/mol. The number of aromatic nitrogens is 1. The molecular formula is C13H12N2OS. The van der Waals surface area contributed by atoms with Gasteiger partial charge >= 0.3 is 0 Å². The predicted octanol–water partition coefficient (Wildman–Crippen LogP) is 2.76. The molecular weight excluding hydrogens is 232 g/mol. The van der Waals surface area contributed by atoms with E-state index in [1.807, 2.05) is 23.6 Å². The van der Waals surface area contributed by atoms with E-state index in [4.69, 9.17) is 0 Å². The summed E-state index contributed by atoms with van der Waals surface area (Å²) in [5, 5.41) is 3.03. The number of aryl methyl sites for hydroxylation is 2. The minimum Gasteiger partial charge on any atom is -0.244 e. The fraction of sp³-hybridized carbons (Fsp3) is 0.231. The fourth-order valence-electron chi connectivity index (χ4n) is 1.55. The molecule has 2 rings (SSSR count). The van der Waals surface area contributed by atoms with Gasteiger partial charge in [0.25, 0.3) is 0 Å². The molecule has 0 radical (unpaired) electrons. The molecule has 0 N–H and O–H groups in total. The van der Waals surface area contributed by atoms with E-state index in [0.717, 1.165) is 23.5 Å². The number of thiazole rings is 1. The van der Waals surface area contributed by atoms with Gasteiger partial charge in [-0.15, -0.1) is 11.3 Å². The highest BCUT2D eigenvalue weighted by molar-refractivity contribution is 7.09. The third kappa shape index (κ3) is 3.63. The number of nitrogens with zero attached hydrogens (tertiary/aromatic N) is 2. The summed E-state index contributed by atoms with van der Waals surface area (Å²) >= 11 is 1.62. The van der Waals surface area contributed by atoms with Crippen molar-refractivity contribution in [3.63, 3.8) is 0 Å². The molecule has 1 aromatic heterocycles. The quantitative estimate of drug-likeness (QED) is 0.599. The third-order valence-corrected chi connectivity index (χ3v) is 3.33. The van der Waals surface area contributed by atoms with Crippen molar-refractivity contribution in [3.8, 4) is 0 Å². The van der Waals surface area contributed by atoms with E-state index in [9.17, 15) is 4.79 Å². The maximum Gasteiger partial charge on any atom is 0.235 e. The summed E-state index contributed by atoms with van der Waals surface area (Å²) in [6.45, 7) is 0.339. The lowest BCUT2D eigenvalue weighted by Crippen LogP contribution is -1.91. The summed E-state index contributed by atoms with van der Waals surface area (Å²) in [7, 11) is 0. The molecule has 2 aromatic rings. The Labute approximate surface area is 104 Å². The van der Waals surface area contributed by atoms with Crippen LogP contribution in [0.5, 0.6) is 0 Å². The Morgan fingerprint density at radius 2 is 2.06 bits per heavy atom. The van der Waals surface area contributed by atoms with Crippen LogP contribution in [0.2, 0.25) is 0 Å². The summed E-state index contributed by atoms with van der Waals surface area (Å²) in [6.07, 6.45) is 3.44. The van der Waals surface area contributed by atoms with Crippen molar-refractivity contribution in [2.24, 2.45) is 4.99 Å². The van der Waals surface area contributed by atoms with Gasteiger partial charge in [-0.05, 0) is 12.0 Å². The summed E-state index contributed by atoms with van der Waals surface area (Å²) in [4.78, 5) is 17.9. The van der Waals surface area contributed by atoms with Crippen molar-refractivity contribution in [2.75, 3.05) is 0 Å². The maximum atomic E-state index is 9.98. The number of hydrogen-bond donors (Lipinski definition) is 0. The monoisotopic (exact) mass is 244 g/mol. The first-order chi connectivity index (χ1) is 8.38. The van der Waals surface area contributed by atoms with Gasteiger partial charge in [-0.2, -0.15) is 4.99 Å². The zero-order valence-corrected chi connectivity index (χ0v) is 10.1. The average Bonchev–Trinajstić information content (AvgIpc) is 2.83. The van der Waals surface area contributed by atoms with Gasteiger partial charge in [0.15, 0.2) is 0 Å². The van der Waals surface area contributed by atoms with Crippen LogP contribution in [0.1, 0.15) is 16.3 Å². The third-order valence-electron chi connectivity index (χ3n) is 2.38.